The number of anilines is 1. The fourth-order valence-electron chi connectivity index (χ4n) is 2.48. The first-order chi connectivity index (χ1) is 10.4. The highest BCUT2D eigenvalue weighted by Gasteiger charge is 2.31. The molecule has 0 spiro atoms. The molecule has 0 aromatic heterocycles. The van der Waals surface area contributed by atoms with Gasteiger partial charge in [0, 0.05) is 31.7 Å². The Morgan fingerprint density at radius 2 is 2.05 bits per heavy atom. The third-order valence-corrected chi connectivity index (χ3v) is 3.63. The van der Waals surface area contributed by atoms with E-state index >= 15 is 0 Å². The van der Waals surface area contributed by atoms with Gasteiger partial charge in [-0.05, 0) is 36.6 Å². The standard InChI is InChI=1S/C15H19F3N2O2/c1-2-14(21)19-9-11-7-8-20(10-11)12-3-5-13(6-4-12)22-15(16,17)18/h3-6,11H,2,7-10H2,1H3,(H,19,21). The van der Waals surface area contributed by atoms with Gasteiger partial charge in [-0.25, -0.2) is 0 Å². The van der Waals surface area contributed by atoms with E-state index in [0.717, 1.165) is 25.2 Å². The predicted octanol–water partition coefficient (Wildman–Crippen LogP) is 2.94. The third kappa shape index (κ3) is 4.82. The minimum absolute atomic E-state index is 0.0344. The van der Waals surface area contributed by atoms with Crippen LogP contribution in [0.25, 0.3) is 0 Å². The van der Waals surface area contributed by atoms with Gasteiger partial charge in [-0.2, -0.15) is 0 Å². The topological polar surface area (TPSA) is 41.6 Å². The molecule has 1 unspecified atom stereocenters. The molecular weight excluding hydrogens is 297 g/mol. The van der Waals surface area contributed by atoms with E-state index in [-0.39, 0.29) is 11.7 Å². The average Bonchev–Trinajstić information content (AvgIpc) is 2.92. The van der Waals surface area contributed by atoms with Gasteiger partial charge in [-0.1, -0.05) is 6.92 Å². The van der Waals surface area contributed by atoms with Crippen LogP contribution < -0.4 is 15.0 Å². The van der Waals surface area contributed by atoms with E-state index in [9.17, 15) is 18.0 Å². The number of alkyl halides is 3. The van der Waals surface area contributed by atoms with Gasteiger partial charge in [-0.3, -0.25) is 4.79 Å². The molecule has 0 bridgehead atoms. The summed E-state index contributed by atoms with van der Waals surface area (Å²) in [5.41, 5.74) is 0.860. The minimum Gasteiger partial charge on any atom is -0.406 e. The fraction of sp³-hybridized carbons (Fsp3) is 0.533. The van der Waals surface area contributed by atoms with Crippen LogP contribution in [-0.4, -0.2) is 31.9 Å². The van der Waals surface area contributed by atoms with Gasteiger partial charge in [0.2, 0.25) is 5.91 Å². The Bertz CT molecular complexity index is 503. The van der Waals surface area contributed by atoms with Crippen LogP contribution in [0.2, 0.25) is 0 Å². The number of carbonyl (C=O) groups is 1. The summed E-state index contributed by atoms with van der Waals surface area (Å²) in [7, 11) is 0. The van der Waals surface area contributed by atoms with Crippen molar-refractivity contribution >= 4 is 11.6 Å². The molecule has 1 saturated heterocycles. The van der Waals surface area contributed by atoms with Crippen molar-refractivity contribution < 1.29 is 22.7 Å². The van der Waals surface area contributed by atoms with Crippen LogP contribution in [0, 0.1) is 5.92 Å². The highest BCUT2D eigenvalue weighted by Crippen LogP contribution is 2.28. The zero-order valence-electron chi connectivity index (χ0n) is 12.3. The van der Waals surface area contributed by atoms with Crippen LogP contribution >= 0.6 is 0 Å². The largest absolute Gasteiger partial charge is 0.573 e. The van der Waals surface area contributed by atoms with Crippen molar-refractivity contribution in [1.82, 2.24) is 5.32 Å². The molecule has 1 aliphatic rings. The minimum atomic E-state index is -4.67. The lowest BCUT2D eigenvalue weighted by molar-refractivity contribution is -0.274. The molecule has 1 amide bonds. The lowest BCUT2D eigenvalue weighted by atomic mass is 10.1. The number of ether oxygens (including phenoxy) is 1. The van der Waals surface area contributed by atoms with E-state index in [0.29, 0.717) is 18.9 Å². The van der Waals surface area contributed by atoms with Gasteiger partial charge in [0.05, 0.1) is 0 Å². The van der Waals surface area contributed by atoms with E-state index in [1.54, 1.807) is 19.1 Å². The van der Waals surface area contributed by atoms with E-state index in [2.05, 4.69) is 15.0 Å². The second-order valence-electron chi connectivity index (χ2n) is 5.30. The molecule has 1 aromatic carbocycles. The first-order valence-electron chi connectivity index (χ1n) is 7.25. The monoisotopic (exact) mass is 316 g/mol. The second-order valence-corrected chi connectivity index (χ2v) is 5.30. The average molecular weight is 316 g/mol. The number of nitrogens with one attached hydrogen (secondary N) is 1. The normalized spacial score (nSPS) is 18.4. The molecule has 4 nitrogen and oxygen atoms in total. The van der Waals surface area contributed by atoms with Crippen molar-refractivity contribution in [3.8, 4) is 5.75 Å². The molecule has 122 valence electrons. The molecule has 0 radical (unpaired) electrons. The molecule has 1 fully saturated rings. The summed E-state index contributed by atoms with van der Waals surface area (Å²) in [4.78, 5) is 13.3. The molecule has 22 heavy (non-hydrogen) atoms. The lowest BCUT2D eigenvalue weighted by Crippen LogP contribution is -2.30. The molecule has 2 rings (SSSR count). The molecule has 1 aliphatic heterocycles. The SMILES string of the molecule is CCC(=O)NCC1CCN(c2ccc(OC(F)(F)F)cc2)C1. The smallest absolute Gasteiger partial charge is 0.406 e. The number of hydrogen-bond donors (Lipinski definition) is 1. The maximum Gasteiger partial charge on any atom is 0.573 e. The van der Waals surface area contributed by atoms with Crippen LogP contribution in [0.1, 0.15) is 19.8 Å². The first kappa shape index (κ1) is 16.5. The number of amides is 1. The predicted molar refractivity (Wildman–Crippen MR) is 76.7 cm³/mol. The van der Waals surface area contributed by atoms with Crippen LogP contribution in [0.3, 0.4) is 0 Å². The van der Waals surface area contributed by atoms with Crippen LogP contribution in [0.4, 0.5) is 18.9 Å². The van der Waals surface area contributed by atoms with Gasteiger partial charge in [0.1, 0.15) is 5.75 Å². The summed E-state index contributed by atoms with van der Waals surface area (Å²) in [5, 5.41) is 2.87. The first-order valence-corrected chi connectivity index (χ1v) is 7.25. The summed E-state index contributed by atoms with van der Waals surface area (Å²) < 4.78 is 40.2. The van der Waals surface area contributed by atoms with Crippen molar-refractivity contribution in [3.63, 3.8) is 0 Å². The molecular formula is C15H19F3N2O2. The number of carbonyl (C=O) groups excluding carboxylic acids is 1. The van der Waals surface area contributed by atoms with E-state index in [1.165, 1.54) is 12.1 Å². The zero-order chi connectivity index (χ0) is 16.2. The molecule has 0 aliphatic carbocycles. The second kappa shape index (κ2) is 6.89. The maximum atomic E-state index is 12.1. The highest BCUT2D eigenvalue weighted by molar-refractivity contribution is 5.75. The van der Waals surface area contributed by atoms with Gasteiger partial charge >= 0.3 is 6.36 Å². The Kier molecular flexibility index (Phi) is 5.15. The summed E-state index contributed by atoms with van der Waals surface area (Å²) in [6.45, 7) is 4.05. The van der Waals surface area contributed by atoms with Crippen LogP contribution in [0.15, 0.2) is 24.3 Å². The molecule has 1 atom stereocenters. The van der Waals surface area contributed by atoms with Gasteiger partial charge in [0.15, 0.2) is 0 Å². The Hall–Kier alpha value is -1.92. The van der Waals surface area contributed by atoms with Gasteiger partial charge < -0.3 is 15.0 Å². The van der Waals surface area contributed by atoms with Crippen molar-refractivity contribution in [2.75, 3.05) is 24.5 Å². The highest BCUT2D eigenvalue weighted by atomic mass is 19.4. The number of nitrogens with zero attached hydrogens (tertiary/aromatic N) is 1. The number of halogens is 3. The van der Waals surface area contributed by atoms with E-state index in [4.69, 9.17) is 0 Å². The summed E-state index contributed by atoms with van der Waals surface area (Å²) in [5.74, 6) is 0.177. The molecule has 1 N–H and O–H groups in total. The number of rotatable bonds is 5. The van der Waals surface area contributed by atoms with E-state index < -0.39 is 6.36 Å². The third-order valence-electron chi connectivity index (χ3n) is 3.63. The quantitative estimate of drug-likeness (QED) is 0.908. The lowest BCUT2D eigenvalue weighted by Gasteiger charge is -2.19. The fourth-order valence-corrected chi connectivity index (χ4v) is 2.48. The molecule has 0 saturated carbocycles. The molecule has 1 heterocycles. The van der Waals surface area contributed by atoms with Crippen molar-refractivity contribution in [1.29, 1.82) is 0 Å². The van der Waals surface area contributed by atoms with Crippen molar-refractivity contribution in [3.05, 3.63) is 24.3 Å². The molecule has 1 aromatic rings. The van der Waals surface area contributed by atoms with Crippen molar-refractivity contribution in [2.45, 2.75) is 26.1 Å². The summed E-state index contributed by atoms with van der Waals surface area (Å²) >= 11 is 0. The van der Waals surface area contributed by atoms with Crippen molar-refractivity contribution in [2.24, 2.45) is 5.92 Å². The number of hydrogen-bond acceptors (Lipinski definition) is 3. The Balaban J connectivity index is 1.87. The maximum absolute atomic E-state index is 12.1. The Morgan fingerprint density at radius 1 is 1.36 bits per heavy atom. The van der Waals surface area contributed by atoms with Crippen LogP contribution in [-0.2, 0) is 4.79 Å². The number of benzene rings is 1. The Labute approximate surface area is 127 Å². The Morgan fingerprint density at radius 3 is 2.64 bits per heavy atom. The summed E-state index contributed by atoms with van der Waals surface area (Å²) in [6, 6.07) is 5.87. The van der Waals surface area contributed by atoms with E-state index in [1.807, 2.05) is 0 Å². The molecule has 7 heteroatoms. The van der Waals surface area contributed by atoms with Gasteiger partial charge in [0.25, 0.3) is 0 Å². The van der Waals surface area contributed by atoms with Gasteiger partial charge in [-0.15, -0.1) is 13.2 Å². The zero-order valence-corrected chi connectivity index (χ0v) is 12.3. The summed E-state index contributed by atoms with van der Waals surface area (Å²) in [6.07, 6.45) is -3.25. The van der Waals surface area contributed by atoms with Crippen LogP contribution in [0.5, 0.6) is 5.75 Å².